The number of rotatable bonds is 5. The number of carbonyl (C=O) groups excluding carboxylic acids is 2. The van der Waals surface area contributed by atoms with Gasteiger partial charge in [-0.25, -0.2) is 5.01 Å². The van der Waals surface area contributed by atoms with Crippen molar-refractivity contribution in [3.63, 3.8) is 0 Å². The van der Waals surface area contributed by atoms with Crippen LogP contribution in [-0.2, 0) is 4.79 Å². The van der Waals surface area contributed by atoms with Gasteiger partial charge in [-0.05, 0) is 52.3 Å². The van der Waals surface area contributed by atoms with E-state index in [4.69, 9.17) is 9.15 Å². The fourth-order valence-electron chi connectivity index (χ4n) is 2.88. The average molecular weight is 442 g/mol. The van der Waals surface area contributed by atoms with Gasteiger partial charge >= 0.3 is 0 Å². The zero-order chi connectivity index (χ0) is 19.5. The summed E-state index contributed by atoms with van der Waals surface area (Å²) in [5.41, 5.74) is 3.74. The minimum atomic E-state index is -0.700. The molecule has 0 radical (unpaired) electrons. The summed E-state index contributed by atoms with van der Waals surface area (Å²) in [5.74, 6) is 0.227. The molecule has 1 aliphatic rings. The molecule has 28 heavy (non-hydrogen) atoms. The van der Waals surface area contributed by atoms with Crippen molar-refractivity contribution in [3.05, 3.63) is 82.7 Å². The number of ether oxygens (including phenoxy) is 1. The molecule has 3 aromatic rings. The van der Waals surface area contributed by atoms with E-state index >= 15 is 0 Å². The van der Waals surface area contributed by atoms with Gasteiger partial charge in [0.05, 0.1) is 5.56 Å². The molecule has 2 amide bonds. The fraction of sp³-hybridized carbons (Fsp3) is 0.100. The van der Waals surface area contributed by atoms with Gasteiger partial charge in [-0.1, -0.05) is 30.3 Å². The highest BCUT2D eigenvalue weighted by Crippen LogP contribution is 2.33. The minimum Gasteiger partial charge on any atom is -0.484 e. The summed E-state index contributed by atoms with van der Waals surface area (Å²) in [4.78, 5) is 25.4. The highest BCUT2D eigenvalue weighted by Gasteiger charge is 2.36. The average Bonchev–Trinajstić information content (AvgIpc) is 3.15. The molecule has 1 atom stereocenters. The number of furan rings is 1. The highest BCUT2D eigenvalue weighted by atomic mass is 79.9. The summed E-state index contributed by atoms with van der Waals surface area (Å²) in [6.45, 7) is -0.232. The zero-order valence-electron chi connectivity index (χ0n) is 14.6. The molecule has 0 saturated heterocycles. The molecule has 0 saturated carbocycles. The molecule has 0 fully saturated rings. The minimum absolute atomic E-state index is 0.232. The third-order valence-corrected chi connectivity index (χ3v) is 4.57. The quantitative estimate of drug-likeness (QED) is 0.630. The number of hydrogen-bond acceptors (Lipinski definition) is 5. The molecule has 0 spiro atoms. The Morgan fingerprint density at radius 3 is 2.61 bits per heavy atom. The smallest absolute Gasteiger partial charge is 0.276 e. The van der Waals surface area contributed by atoms with Crippen molar-refractivity contribution >= 4 is 33.4 Å². The van der Waals surface area contributed by atoms with Gasteiger partial charge in [0, 0.05) is 5.69 Å². The Labute approximate surface area is 169 Å². The molecule has 2 N–H and O–H groups in total. The standard InChI is InChI=1S/C20H16BrN3O4/c21-17-11-10-16(28-17)19-22-15-9-5-4-8-14(15)20(26)24(19)23-18(25)12-27-13-6-2-1-3-7-13/h1-11,19,22H,12H2,(H,23,25). The number of halogens is 1. The Bertz CT molecular complexity index is 1010. The number of nitrogens with one attached hydrogen (secondary N) is 2. The van der Waals surface area contributed by atoms with E-state index in [2.05, 4.69) is 26.7 Å². The lowest BCUT2D eigenvalue weighted by Gasteiger charge is -2.36. The van der Waals surface area contributed by atoms with Crippen molar-refractivity contribution in [1.82, 2.24) is 10.4 Å². The molecular formula is C20H16BrN3O4. The van der Waals surface area contributed by atoms with Crippen molar-refractivity contribution < 1.29 is 18.7 Å². The third kappa shape index (κ3) is 3.72. The second kappa shape index (κ2) is 7.77. The van der Waals surface area contributed by atoms with Gasteiger partial charge < -0.3 is 14.5 Å². The predicted molar refractivity (Wildman–Crippen MR) is 105 cm³/mol. The van der Waals surface area contributed by atoms with E-state index in [1.165, 1.54) is 5.01 Å². The Hall–Kier alpha value is -3.26. The van der Waals surface area contributed by atoms with E-state index in [0.717, 1.165) is 0 Å². The number of anilines is 1. The van der Waals surface area contributed by atoms with Crippen LogP contribution in [0.1, 0.15) is 22.3 Å². The van der Waals surface area contributed by atoms with Crippen LogP contribution in [0, 0.1) is 0 Å². The highest BCUT2D eigenvalue weighted by molar-refractivity contribution is 9.10. The van der Waals surface area contributed by atoms with E-state index < -0.39 is 12.1 Å². The van der Waals surface area contributed by atoms with Crippen LogP contribution < -0.4 is 15.5 Å². The van der Waals surface area contributed by atoms with E-state index in [1.54, 1.807) is 42.5 Å². The number of carbonyl (C=O) groups is 2. The van der Waals surface area contributed by atoms with E-state index in [1.807, 2.05) is 24.3 Å². The molecule has 1 aliphatic heterocycles. The molecule has 0 bridgehead atoms. The summed E-state index contributed by atoms with van der Waals surface area (Å²) in [7, 11) is 0. The van der Waals surface area contributed by atoms with Crippen molar-refractivity contribution in [2.45, 2.75) is 6.17 Å². The predicted octanol–water partition coefficient (Wildman–Crippen LogP) is 3.72. The topological polar surface area (TPSA) is 83.8 Å². The van der Waals surface area contributed by atoms with Crippen LogP contribution in [0.15, 0.2) is 75.8 Å². The molecule has 2 heterocycles. The van der Waals surface area contributed by atoms with E-state index in [-0.39, 0.29) is 12.5 Å². The Morgan fingerprint density at radius 2 is 1.86 bits per heavy atom. The van der Waals surface area contributed by atoms with Gasteiger partial charge in [0.15, 0.2) is 17.4 Å². The van der Waals surface area contributed by atoms with Crippen LogP contribution in [0.5, 0.6) is 5.75 Å². The summed E-state index contributed by atoms with van der Waals surface area (Å²) in [6.07, 6.45) is -0.700. The van der Waals surface area contributed by atoms with E-state index in [9.17, 15) is 9.59 Å². The second-order valence-electron chi connectivity index (χ2n) is 6.05. The van der Waals surface area contributed by atoms with Crippen LogP contribution in [0.3, 0.4) is 0 Å². The summed E-state index contributed by atoms with van der Waals surface area (Å²) < 4.78 is 11.6. The summed E-state index contributed by atoms with van der Waals surface area (Å²) in [6, 6.07) is 19.5. The van der Waals surface area contributed by atoms with Gasteiger partial charge in [0.2, 0.25) is 0 Å². The lowest BCUT2D eigenvalue weighted by Crippen LogP contribution is -2.53. The maximum absolute atomic E-state index is 13.0. The van der Waals surface area contributed by atoms with Crippen LogP contribution in [0.25, 0.3) is 0 Å². The second-order valence-corrected chi connectivity index (χ2v) is 6.83. The van der Waals surface area contributed by atoms with Crippen LogP contribution in [0.2, 0.25) is 0 Å². The normalized spacial score (nSPS) is 15.5. The first-order valence-corrected chi connectivity index (χ1v) is 9.33. The number of nitrogens with zero attached hydrogens (tertiary/aromatic N) is 1. The molecule has 0 aliphatic carbocycles. The van der Waals surface area contributed by atoms with Gasteiger partial charge in [-0.2, -0.15) is 0 Å². The summed E-state index contributed by atoms with van der Waals surface area (Å²) in [5, 5.41) is 4.43. The number of hydrogen-bond donors (Lipinski definition) is 2. The summed E-state index contributed by atoms with van der Waals surface area (Å²) >= 11 is 3.26. The first-order valence-electron chi connectivity index (χ1n) is 8.53. The maximum atomic E-state index is 13.0. The van der Waals surface area contributed by atoms with Gasteiger partial charge in [0.25, 0.3) is 11.8 Å². The molecule has 1 aromatic heterocycles. The lowest BCUT2D eigenvalue weighted by molar-refractivity contribution is -0.127. The SMILES string of the molecule is O=C(COc1ccccc1)NN1C(=O)c2ccccc2NC1c1ccc(Br)o1. The first-order chi connectivity index (χ1) is 13.6. The number of fused-ring (bicyclic) bond motifs is 1. The largest absolute Gasteiger partial charge is 0.484 e. The lowest BCUT2D eigenvalue weighted by atomic mass is 10.1. The van der Waals surface area contributed by atoms with Gasteiger partial charge in [-0.15, -0.1) is 0 Å². The number of amides is 2. The Morgan fingerprint density at radius 1 is 1.11 bits per heavy atom. The molecule has 2 aromatic carbocycles. The van der Waals surface area contributed by atoms with Crippen molar-refractivity contribution in [3.8, 4) is 5.75 Å². The number of hydrazine groups is 1. The van der Waals surface area contributed by atoms with Gasteiger partial charge in [0.1, 0.15) is 11.5 Å². The van der Waals surface area contributed by atoms with Crippen molar-refractivity contribution in [2.75, 3.05) is 11.9 Å². The molecule has 8 heteroatoms. The van der Waals surface area contributed by atoms with Crippen LogP contribution in [-0.4, -0.2) is 23.4 Å². The number of para-hydroxylation sites is 2. The monoisotopic (exact) mass is 441 g/mol. The Balaban J connectivity index is 1.55. The van der Waals surface area contributed by atoms with Gasteiger partial charge in [-0.3, -0.25) is 15.0 Å². The van der Waals surface area contributed by atoms with Crippen LogP contribution in [0.4, 0.5) is 5.69 Å². The zero-order valence-corrected chi connectivity index (χ0v) is 16.2. The molecular weight excluding hydrogens is 426 g/mol. The molecule has 7 nitrogen and oxygen atoms in total. The molecule has 4 rings (SSSR count). The first kappa shape index (κ1) is 18.1. The third-order valence-electron chi connectivity index (χ3n) is 4.15. The fourth-order valence-corrected chi connectivity index (χ4v) is 3.19. The Kier molecular flexibility index (Phi) is 5.03. The molecule has 1 unspecified atom stereocenters. The maximum Gasteiger partial charge on any atom is 0.276 e. The van der Waals surface area contributed by atoms with Crippen LogP contribution >= 0.6 is 15.9 Å². The van der Waals surface area contributed by atoms with Crippen molar-refractivity contribution in [1.29, 1.82) is 0 Å². The molecule has 142 valence electrons. The number of benzene rings is 2. The van der Waals surface area contributed by atoms with E-state index in [0.29, 0.717) is 27.4 Å². The van der Waals surface area contributed by atoms with Crippen molar-refractivity contribution in [2.24, 2.45) is 0 Å².